The van der Waals surface area contributed by atoms with Crippen molar-refractivity contribution >= 4 is 27.4 Å². The number of thiophene rings is 1. The number of hydrogen-bond acceptors (Lipinski definition) is 5. The number of aryl methyl sites for hydroxylation is 1. The molecule has 1 N–H and O–H groups in total. The summed E-state index contributed by atoms with van der Waals surface area (Å²) >= 11 is 1.80. The van der Waals surface area contributed by atoms with Crippen LogP contribution in [0.5, 0.6) is 0 Å². The van der Waals surface area contributed by atoms with E-state index in [1.165, 1.54) is 23.1 Å². The first-order valence-electron chi connectivity index (χ1n) is 8.00. The molecule has 114 valence electrons. The zero-order chi connectivity index (χ0) is 14.7. The summed E-state index contributed by atoms with van der Waals surface area (Å²) in [5.74, 6) is 1.95. The van der Waals surface area contributed by atoms with Gasteiger partial charge in [0.1, 0.15) is 17.0 Å². The van der Waals surface area contributed by atoms with Gasteiger partial charge >= 0.3 is 0 Å². The summed E-state index contributed by atoms with van der Waals surface area (Å²) in [4.78, 5) is 14.0. The van der Waals surface area contributed by atoms with Crippen LogP contribution in [-0.4, -0.2) is 36.1 Å². The van der Waals surface area contributed by atoms with E-state index in [2.05, 4.69) is 40.1 Å². The Morgan fingerprint density at radius 3 is 2.81 bits per heavy atom. The van der Waals surface area contributed by atoms with Gasteiger partial charge in [-0.2, -0.15) is 0 Å². The monoisotopic (exact) mass is 304 g/mol. The maximum absolute atomic E-state index is 4.57. The predicted molar refractivity (Wildman–Crippen MR) is 90.3 cm³/mol. The van der Waals surface area contributed by atoms with Crippen molar-refractivity contribution in [1.82, 2.24) is 15.3 Å². The van der Waals surface area contributed by atoms with Gasteiger partial charge in [0.05, 0.1) is 5.39 Å². The molecule has 3 heterocycles. The number of rotatable bonds is 5. The van der Waals surface area contributed by atoms with E-state index in [0.717, 1.165) is 49.2 Å². The molecule has 1 saturated heterocycles. The standard InChI is InChI=1S/C16H24N4S/c1-3-13-9-14-15(18-11-19-16(14)21-13)20-7-5-12(6-8-20)10-17-4-2/h9,11-12,17H,3-8,10H2,1-2H3. The molecule has 5 heteroatoms. The van der Waals surface area contributed by atoms with Crippen molar-refractivity contribution in [1.29, 1.82) is 0 Å². The number of piperidine rings is 1. The first-order valence-corrected chi connectivity index (χ1v) is 8.82. The van der Waals surface area contributed by atoms with E-state index in [4.69, 9.17) is 0 Å². The Morgan fingerprint density at radius 1 is 1.29 bits per heavy atom. The van der Waals surface area contributed by atoms with Gasteiger partial charge in [-0.1, -0.05) is 13.8 Å². The third-order valence-electron chi connectivity index (χ3n) is 4.30. The van der Waals surface area contributed by atoms with E-state index in [9.17, 15) is 0 Å². The Balaban J connectivity index is 1.74. The van der Waals surface area contributed by atoms with E-state index in [1.54, 1.807) is 17.7 Å². The number of nitrogens with one attached hydrogen (secondary N) is 1. The van der Waals surface area contributed by atoms with Crippen molar-refractivity contribution in [3.8, 4) is 0 Å². The van der Waals surface area contributed by atoms with Gasteiger partial charge in [-0.25, -0.2) is 9.97 Å². The first-order chi connectivity index (χ1) is 10.3. The van der Waals surface area contributed by atoms with Crippen LogP contribution in [0.25, 0.3) is 10.2 Å². The van der Waals surface area contributed by atoms with Crippen LogP contribution in [0.4, 0.5) is 5.82 Å². The number of nitrogens with zero attached hydrogens (tertiary/aromatic N) is 3. The van der Waals surface area contributed by atoms with Crippen LogP contribution in [0.2, 0.25) is 0 Å². The molecule has 0 aliphatic carbocycles. The molecule has 1 aliphatic rings. The highest BCUT2D eigenvalue weighted by Crippen LogP contribution is 2.32. The fourth-order valence-electron chi connectivity index (χ4n) is 3.02. The lowest BCUT2D eigenvalue weighted by atomic mass is 9.96. The number of fused-ring (bicyclic) bond motifs is 1. The Bertz CT molecular complexity index is 587. The van der Waals surface area contributed by atoms with Crippen LogP contribution in [0.15, 0.2) is 12.4 Å². The fourth-order valence-corrected chi connectivity index (χ4v) is 3.95. The molecule has 1 fully saturated rings. The zero-order valence-electron chi connectivity index (χ0n) is 12.9. The largest absolute Gasteiger partial charge is 0.356 e. The van der Waals surface area contributed by atoms with Crippen molar-refractivity contribution in [2.24, 2.45) is 5.92 Å². The molecule has 0 saturated carbocycles. The van der Waals surface area contributed by atoms with E-state index in [1.807, 2.05) is 0 Å². The van der Waals surface area contributed by atoms with Gasteiger partial charge in [-0.3, -0.25) is 0 Å². The molecule has 0 bridgehead atoms. The van der Waals surface area contributed by atoms with Gasteiger partial charge in [0.25, 0.3) is 0 Å². The molecule has 1 aliphatic heterocycles. The smallest absolute Gasteiger partial charge is 0.140 e. The Morgan fingerprint density at radius 2 is 2.10 bits per heavy atom. The number of hydrogen-bond donors (Lipinski definition) is 1. The van der Waals surface area contributed by atoms with Gasteiger partial charge in [0.15, 0.2) is 0 Å². The number of aromatic nitrogens is 2. The van der Waals surface area contributed by atoms with Crippen LogP contribution < -0.4 is 10.2 Å². The quantitative estimate of drug-likeness (QED) is 0.921. The molecule has 0 atom stereocenters. The van der Waals surface area contributed by atoms with E-state index in [0.29, 0.717) is 0 Å². The second-order valence-electron chi connectivity index (χ2n) is 5.72. The minimum Gasteiger partial charge on any atom is -0.356 e. The van der Waals surface area contributed by atoms with Crippen LogP contribution in [0.1, 0.15) is 31.6 Å². The van der Waals surface area contributed by atoms with E-state index < -0.39 is 0 Å². The summed E-state index contributed by atoms with van der Waals surface area (Å²) in [7, 11) is 0. The van der Waals surface area contributed by atoms with Crippen LogP contribution in [-0.2, 0) is 6.42 Å². The molecule has 4 nitrogen and oxygen atoms in total. The Kier molecular flexibility index (Phi) is 4.70. The van der Waals surface area contributed by atoms with Crippen molar-refractivity contribution in [2.75, 3.05) is 31.1 Å². The van der Waals surface area contributed by atoms with Crippen molar-refractivity contribution in [3.05, 3.63) is 17.3 Å². The molecular formula is C16H24N4S. The lowest BCUT2D eigenvalue weighted by Crippen LogP contribution is -2.37. The lowest BCUT2D eigenvalue weighted by Gasteiger charge is -2.33. The molecule has 2 aromatic heterocycles. The number of anilines is 1. The zero-order valence-corrected chi connectivity index (χ0v) is 13.7. The maximum Gasteiger partial charge on any atom is 0.140 e. The van der Waals surface area contributed by atoms with Crippen LogP contribution >= 0.6 is 11.3 Å². The molecule has 3 rings (SSSR count). The molecule has 0 unspecified atom stereocenters. The Hall–Kier alpha value is -1.20. The first kappa shape index (κ1) is 14.7. The minimum absolute atomic E-state index is 0.812. The summed E-state index contributed by atoms with van der Waals surface area (Å²) in [5, 5.41) is 4.71. The second-order valence-corrected chi connectivity index (χ2v) is 6.84. The van der Waals surface area contributed by atoms with Gasteiger partial charge in [0, 0.05) is 18.0 Å². The van der Waals surface area contributed by atoms with Gasteiger partial charge in [0.2, 0.25) is 0 Å². The highest BCUT2D eigenvalue weighted by atomic mass is 32.1. The summed E-state index contributed by atoms with van der Waals surface area (Å²) in [6.07, 6.45) is 5.30. The normalized spacial score (nSPS) is 16.8. The molecule has 0 aromatic carbocycles. The topological polar surface area (TPSA) is 41.0 Å². The Labute approximate surface area is 130 Å². The van der Waals surface area contributed by atoms with Crippen molar-refractivity contribution < 1.29 is 0 Å². The molecule has 0 radical (unpaired) electrons. The van der Waals surface area contributed by atoms with E-state index in [-0.39, 0.29) is 0 Å². The highest BCUT2D eigenvalue weighted by Gasteiger charge is 2.21. The van der Waals surface area contributed by atoms with E-state index >= 15 is 0 Å². The van der Waals surface area contributed by atoms with Gasteiger partial charge in [-0.15, -0.1) is 11.3 Å². The van der Waals surface area contributed by atoms with Crippen LogP contribution in [0, 0.1) is 5.92 Å². The third kappa shape index (κ3) is 3.19. The molecule has 0 amide bonds. The molecule has 2 aromatic rings. The third-order valence-corrected chi connectivity index (χ3v) is 5.49. The van der Waals surface area contributed by atoms with Crippen molar-refractivity contribution in [3.63, 3.8) is 0 Å². The van der Waals surface area contributed by atoms with Crippen LogP contribution in [0.3, 0.4) is 0 Å². The molecule has 0 spiro atoms. The lowest BCUT2D eigenvalue weighted by molar-refractivity contribution is 0.386. The average Bonchev–Trinajstić information content (AvgIpc) is 2.96. The average molecular weight is 304 g/mol. The predicted octanol–water partition coefficient (Wildman–Crippen LogP) is 3.08. The SMILES string of the molecule is CCNCC1CCN(c2ncnc3sc(CC)cc23)CC1. The summed E-state index contributed by atoms with van der Waals surface area (Å²) in [6, 6.07) is 2.28. The fraction of sp³-hybridized carbons (Fsp3) is 0.625. The summed E-state index contributed by atoms with van der Waals surface area (Å²) < 4.78 is 0. The van der Waals surface area contributed by atoms with Gasteiger partial charge in [-0.05, 0) is 44.3 Å². The molecular weight excluding hydrogens is 280 g/mol. The summed E-state index contributed by atoms with van der Waals surface area (Å²) in [6.45, 7) is 8.82. The highest BCUT2D eigenvalue weighted by molar-refractivity contribution is 7.18. The van der Waals surface area contributed by atoms with Gasteiger partial charge < -0.3 is 10.2 Å². The molecule has 21 heavy (non-hydrogen) atoms. The minimum atomic E-state index is 0.812. The maximum atomic E-state index is 4.57. The second kappa shape index (κ2) is 6.71. The van der Waals surface area contributed by atoms with Crippen molar-refractivity contribution in [2.45, 2.75) is 33.1 Å². The summed E-state index contributed by atoms with van der Waals surface area (Å²) in [5.41, 5.74) is 0.